The van der Waals surface area contributed by atoms with Crippen LogP contribution in [0.15, 0.2) is 48.5 Å². The van der Waals surface area contributed by atoms with Crippen molar-refractivity contribution in [2.45, 2.75) is 0 Å². The fraction of sp³-hybridized carbons (Fsp3) is 0. The molecule has 0 atom stereocenters. The lowest BCUT2D eigenvalue weighted by atomic mass is 10.3. The first-order chi connectivity index (χ1) is 12.0. The molecule has 0 aliphatic carbocycles. The summed E-state index contributed by atoms with van der Waals surface area (Å²) in [5.41, 5.74) is 0. The molecule has 2 aromatic carbocycles. The van der Waals surface area contributed by atoms with Crippen molar-refractivity contribution in [1.29, 1.82) is 0 Å². The Hall–Kier alpha value is -0.840. The third kappa shape index (κ3) is 5.58. The van der Waals surface area contributed by atoms with Crippen LogP contribution in [0.5, 0.6) is 23.0 Å². The van der Waals surface area contributed by atoms with E-state index >= 15 is 0 Å². The predicted octanol–water partition coefficient (Wildman–Crippen LogP) is 6.97. The Balaban J connectivity index is 2.09. The maximum absolute atomic E-state index is 12.9. The average Bonchev–Trinajstić information content (AvgIpc) is 2.43. The molecule has 3 rings (SSSR count). The van der Waals surface area contributed by atoms with Crippen LogP contribution >= 0.6 is 54.6 Å². The average molecular weight is 479 g/mol. The van der Waals surface area contributed by atoms with Crippen LogP contribution in [0.3, 0.4) is 0 Å². The summed E-state index contributed by atoms with van der Waals surface area (Å²) in [6.07, 6.45) is -4.30. The van der Waals surface area contributed by atoms with Crippen molar-refractivity contribution < 1.29 is 36.1 Å². The SMILES string of the molecule is O=P(Cl)(Cl)OP1(=O)Oc2cccc(c2)OP(=O)(Cl)Oc2cccc(c2)O1. The smallest absolute Gasteiger partial charge is 0.405 e. The Labute approximate surface area is 162 Å². The highest BCUT2D eigenvalue weighted by Gasteiger charge is 2.39. The van der Waals surface area contributed by atoms with E-state index in [1.165, 1.54) is 48.5 Å². The molecule has 0 unspecified atom stereocenters. The van der Waals surface area contributed by atoms with Gasteiger partial charge >= 0.3 is 20.8 Å². The third-order valence-electron chi connectivity index (χ3n) is 2.67. The molecule has 0 aromatic heterocycles. The zero-order chi connectivity index (χ0) is 19.0. The summed E-state index contributed by atoms with van der Waals surface area (Å²) < 4.78 is 61.9. The second-order valence-corrected chi connectivity index (χ2v) is 13.1. The second-order valence-electron chi connectivity index (χ2n) is 4.69. The number of rotatable bonds is 2. The number of phosphoric ester groups is 1. The van der Waals surface area contributed by atoms with Crippen LogP contribution in [0.2, 0.25) is 0 Å². The molecule has 0 spiro atoms. The van der Waals surface area contributed by atoms with Gasteiger partial charge < -0.3 is 18.1 Å². The van der Waals surface area contributed by atoms with Crippen LogP contribution in [-0.2, 0) is 18.0 Å². The second kappa shape index (κ2) is 7.29. The van der Waals surface area contributed by atoms with E-state index in [2.05, 4.69) is 4.31 Å². The van der Waals surface area contributed by atoms with Gasteiger partial charge in [0.2, 0.25) is 0 Å². The Morgan fingerprint density at radius 1 is 0.808 bits per heavy atom. The first kappa shape index (κ1) is 19.9. The summed E-state index contributed by atoms with van der Waals surface area (Å²) >= 11 is 16.5. The molecule has 140 valence electrons. The van der Waals surface area contributed by atoms with Crippen molar-refractivity contribution in [2.24, 2.45) is 0 Å². The van der Waals surface area contributed by atoms with Gasteiger partial charge in [-0.3, -0.25) is 4.57 Å². The quantitative estimate of drug-likeness (QED) is 0.426. The first-order valence-corrected chi connectivity index (χ1v) is 14.0. The Bertz CT molecular complexity index is 918. The van der Waals surface area contributed by atoms with Gasteiger partial charge in [0, 0.05) is 23.4 Å². The van der Waals surface area contributed by atoms with Gasteiger partial charge in [0.05, 0.1) is 0 Å². The molecular weight excluding hydrogens is 471 g/mol. The molecule has 14 heteroatoms. The maximum atomic E-state index is 12.9. The van der Waals surface area contributed by atoms with Crippen molar-refractivity contribution in [3.05, 3.63) is 48.5 Å². The summed E-state index contributed by atoms with van der Waals surface area (Å²) in [7, 11) is -4.58. The van der Waals surface area contributed by atoms with Crippen LogP contribution in [0, 0.1) is 0 Å². The zero-order valence-electron chi connectivity index (χ0n) is 12.4. The van der Waals surface area contributed by atoms with E-state index in [9.17, 15) is 13.7 Å². The highest BCUT2D eigenvalue weighted by molar-refractivity contribution is 8.07. The first-order valence-electron chi connectivity index (χ1n) is 6.61. The largest absolute Gasteiger partial charge is 0.595 e. The van der Waals surface area contributed by atoms with Crippen molar-refractivity contribution in [3.8, 4) is 23.0 Å². The lowest BCUT2D eigenvalue weighted by Gasteiger charge is -2.21. The minimum Gasteiger partial charge on any atom is -0.405 e. The molecule has 2 aromatic rings. The van der Waals surface area contributed by atoms with Gasteiger partial charge in [-0.15, -0.1) is 0 Å². The summed E-state index contributed by atoms with van der Waals surface area (Å²) in [4.78, 5) is 0. The number of phosphoric acid groups is 1. The molecule has 8 nitrogen and oxygen atoms in total. The Morgan fingerprint density at radius 3 is 1.58 bits per heavy atom. The molecule has 1 heterocycles. The van der Waals surface area contributed by atoms with E-state index < -0.39 is 20.8 Å². The van der Waals surface area contributed by atoms with Gasteiger partial charge in [-0.05, 0) is 46.7 Å². The molecule has 1 aliphatic heterocycles. The summed E-state index contributed by atoms with van der Waals surface area (Å²) in [6, 6.07) is 10.7. The van der Waals surface area contributed by atoms with Crippen LogP contribution in [0.25, 0.3) is 0 Å². The minimum absolute atomic E-state index is 0.0240. The van der Waals surface area contributed by atoms with E-state index in [0.29, 0.717) is 0 Å². The topological polar surface area (TPSA) is 97.4 Å². The van der Waals surface area contributed by atoms with E-state index in [-0.39, 0.29) is 23.0 Å². The number of fused-ring (bicyclic) bond motifs is 4. The van der Waals surface area contributed by atoms with Crippen LogP contribution in [0.4, 0.5) is 0 Å². The molecule has 0 radical (unpaired) electrons. The monoisotopic (exact) mass is 478 g/mol. The number of halogens is 3. The fourth-order valence-corrected chi connectivity index (χ4v) is 6.46. The molecule has 0 N–H and O–H groups in total. The van der Waals surface area contributed by atoms with Gasteiger partial charge in [0.15, 0.2) is 0 Å². The normalized spacial score (nSPS) is 25.3. The zero-order valence-corrected chi connectivity index (χ0v) is 17.3. The van der Waals surface area contributed by atoms with Crippen molar-refractivity contribution in [1.82, 2.24) is 0 Å². The summed E-state index contributed by atoms with van der Waals surface area (Å²) in [6.45, 7) is -4.05. The van der Waals surface area contributed by atoms with Gasteiger partial charge in [-0.1, -0.05) is 12.1 Å². The lowest BCUT2D eigenvalue weighted by molar-refractivity contribution is 0.303. The van der Waals surface area contributed by atoms with Crippen LogP contribution in [0.1, 0.15) is 0 Å². The fourth-order valence-electron chi connectivity index (χ4n) is 1.87. The molecule has 0 amide bonds. The molecular formula is C12H8Cl3O8P3. The molecule has 4 bridgehead atoms. The molecule has 1 aliphatic rings. The maximum Gasteiger partial charge on any atom is 0.595 e. The molecule has 0 saturated carbocycles. The van der Waals surface area contributed by atoms with E-state index in [1.807, 2.05) is 0 Å². The van der Waals surface area contributed by atoms with Gasteiger partial charge in [0.1, 0.15) is 23.0 Å². The van der Waals surface area contributed by atoms with Crippen molar-refractivity contribution >= 4 is 54.6 Å². The van der Waals surface area contributed by atoms with Crippen molar-refractivity contribution in [2.75, 3.05) is 0 Å². The highest BCUT2D eigenvalue weighted by atomic mass is 35.9. The minimum atomic E-state index is -4.58. The third-order valence-corrected chi connectivity index (χ3v) is 7.48. The van der Waals surface area contributed by atoms with Crippen LogP contribution < -0.4 is 18.1 Å². The number of hydrogen-bond acceptors (Lipinski definition) is 8. The van der Waals surface area contributed by atoms with Gasteiger partial charge in [-0.25, -0.2) is 9.13 Å². The van der Waals surface area contributed by atoms with E-state index in [0.717, 1.165) is 0 Å². The number of benzene rings is 2. The van der Waals surface area contributed by atoms with Gasteiger partial charge in [-0.2, -0.15) is 4.31 Å². The lowest BCUT2D eigenvalue weighted by Crippen LogP contribution is -2.04. The van der Waals surface area contributed by atoms with E-state index in [1.54, 1.807) is 0 Å². The standard InChI is InChI=1S/C12H8Cl3O8P3/c13-24(14,16)23-26(18)21-11-5-1-3-9(7-11)19-25(15,17)20-10-4-2-6-12(8-10)22-26/h1-8H. The van der Waals surface area contributed by atoms with Crippen LogP contribution in [-0.4, -0.2) is 0 Å². The Morgan fingerprint density at radius 2 is 1.19 bits per heavy atom. The van der Waals surface area contributed by atoms with E-state index in [4.69, 9.17) is 51.8 Å². The predicted molar refractivity (Wildman–Crippen MR) is 96.9 cm³/mol. The van der Waals surface area contributed by atoms with Gasteiger partial charge in [0.25, 0.3) is 0 Å². The Kier molecular flexibility index (Phi) is 5.58. The van der Waals surface area contributed by atoms with Crippen molar-refractivity contribution in [3.63, 3.8) is 0 Å². The number of hydrogen-bond donors (Lipinski definition) is 0. The molecule has 0 saturated heterocycles. The molecule has 26 heavy (non-hydrogen) atoms. The molecule has 0 fully saturated rings. The summed E-state index contributed by atoms with van der Waals surface area (Å²) in [5, 5.41) is 0. The highest BCUT2D eigenvalue weighted by Crippen LogP contribution is 2.70. The summed E-state index contributed by atoms with van der Waals surface area (Å²) in [5.74, 6) is -0.268.